The zero-order valence-corrected chi connectivity index (χ0v) is 20.5. The third kappa shape index (κ3) is 5.17. The lowest BCUT2D eigenvalue weighted by atomic mass is 9.99. The number of carbonyl (C=O) groups is 1. The fourth-order valence-corrected chi connectivity index (χ4v) is 5.05. The van der Waals surface area contributed by atoms with Gasteiger partial charge in [-0.1, -0.05) is 42.5 Å². The van der Waals surface area contributed by atoms with E-state index >= 15 is 0 Å². The van der Waals surface area contributed by atoms with Gasteiger partial charge in [-0.3, -0.25) is 4.79 Å². The van der Waals surface area contributed by atoms with Crippen LogP contribution < -0.4 is 4.72 Å². The summed E-state index contributed by atoms with van der Waals surface area (Å²) in [7, 11) is -4.11. The first-order valence-electron chi connectivity index (χ1n) is 10.7. The van der Waals surface area contributed by atoms with E-state index in [1.54, 1.807) is 31.2 Å². The van der Waals surface area contributed by atoms with Crippen LogP contribution in [0.5, 0.6) is 0 Å². The van der Waals surface area contributed by atoms with E-state index < -0.39 is 27.7 Å². The molecule has 3 aromatic carbocycles. The monoisotopic (exact) mass is 532 g/mol. The van der Waals surface area contributed by atoms with Gasteiger partial charge in [-0.2, -0.15) is 13.2 Å². The van der Waals surface area contributed by atoms with Crippen molar-refractivity contribution < 1.29 is 26.4 Å². The number of benzene rings is 3. The summed E-state index contributed by atoms with van der Waals surface area (Å²) in [6.07, 6.45) is -2.73. The third-order valence-corrected chi connectivity index (χ3v) is 7.48. The number of nitrogens with one attached hydrogen (secondary N) is 2. The number of H-pyrrole nitrogens is 1. The predicted molar refractivity (Wildman–Crippen MR) is 133 cm³/mol. The summed E-state index contributed by atoms with van der Waals surface area (Å²) in [6, 6.07) is 13.7. The van der Waals surface area contributed by atoms with Gasteiger partial charge in [-0.25, -0.2) is 13.1 Å². The van der Waals surface area contributed by atoms with Crippen molar-refractivity contribution in [3.05, 3.63) is 106 Å². The average Bonchev–Trinajstić information content (AvgIpc) is 3.13. The fraction of sp³-hybridized carbons (Fsp3) is 0.115. The maximum absolute atomic E-state index is 13.0. The van der Waals surface area contributed by atoms with Crippen LogP contribution in [0.25, 0.3) is 17.0 Å². The lowest BCUT2D eigenvalue weighted by molar-refractivity contribution is -0.137. The molecule has 186 valence electrons. The molecule has 0 unspecified atom stereocenters. The topological polar surface area (TPSA) is 79.0 Å². The van der Waals surface area contributed by atoms with Gasteiger partial charge in [-0.05, 0) is 66.1 Å². The Morgan fingerprint density at radius 3 is 2.39 bits per heavy atom. The highest BCUT2D eigenvalue weighted by Crippen LogP contribution is 2.34. The number of rotatable bonds is 6. The minimum Gasteiger partial charge on any atom is -0.358 e. The molecule has 0 saturated carbocycles. The first-order valence-corrected chi connectivity index (χ1v) is 12.5. The van der Waals surface area contributed by atoms with Crippen LogP contribution in [0.3, 0.4) is 0 Å². The van der Waals surface area contributed by atoms with Crippen molar-refractivity contribution in [2.45, 2.75) is 24.4 Å². The number of carbonyl (C=O) groups excluding carboxylic acids is 1. The number of alkyl halides is 3. The Kier molecular flexibility index (Phi) is 6.72. The van der Waals surface area contributed by atoms with E-state index in [9.17, 15) is 26.4 Å². The summed E-state index contributed by atoms with van der Waals surface area (Å²) in [6.45, 7) is 5.41. The van der Waals surface area contributed by atoms with E-state index in [0.717, 1.165) is 29.0 Å². The van der Waals surface area contributed by atoms with Crippen LogP contribution in [-0.2, 0) is 22.6 Å². The average molecular weight is 533 g/mol. The van der Waals surface area contributed by atoms with Gasteiger partial charge in [0.25, 0.3) is 15.9 Å². The molecule has 0 saturated heterocycles. The molecule has 4 rings (SSSR count). The molecule has 0 aliphatic carbocycles. The summed E-state index contributed by atoms with van der Waals surface area (Å²) >= 11 is 6.14. The molecule has 4 aromatic rings. The molecule has 2 N–H and O–H groups in total. The van der Waals surface area contributed by atoms with Gasteiger partial charge in [0.2, 0.25) is 0 Å². The van der Waals surface area contributed by atoms with Crippen molar-refractivity contribution in [3.63, 3.8) is 0 Å². The molecule has 1 amide bonds. The molecule has 0 aliphatic heterocycles. The molecule has 0 bridgehead atoms. The van der Waals surface area contributed by atoms with Gasteiger partial charge in [-0.15, -0.1) is 0 Å². The van der Waals surface area contributed by atoms with Gasteiger partial charge in [0.15, 0.2) is 0 Å². The number of fused-ring (bicyclic) bond motifs is 1. The minimum atomic E-state index is -4.50. The normalized spacial score (nSPS) is 12.0. The molecule has 0 atom stereocenters. The lowest BCUT2D eigenvalue weighted by Gasteiger charge is -2.11. The molecule has 0 fully saturated rings. The van der Waals surface area contributed by atoms with E-state index in [1.807, 2.05) is 0 Å². The van der Waals surface area contributed by atoms with Gasteiger partial charge >= 0.3 is 6.18 Å². The highest BCUT2D eigenvalue weighted by atomic mass is 35.5. The summed E-state index contributed by atoms with van der Waals surface area (Å²) < 4.78 is 66.3. The number of aryl methyl sites for hydroxylation is 1. The van der Waals surface area contributed by atoms with E-state index in [4.69, 9.17) is 11.6 Å². The molecule has 36 heavy (non-hydrogen) atoms. The van der Waals surface area contributed by atoms with Crippen LogP contribution >= 0.6 is 11.6 Å². The van der Waals surface area contributed by atoms with Crippen LogP contribution in [0.4, 0.5) is 13.2 Å². The minimum absolute atomic E-state index is 0.0268. The van der Waals surface area contributed by atoms with Gasteiger partial charge in [0.05, 0.1) is 10.5 Å². The molecular formula is C26H20ClF3N2O3S. The van der Waals surface area contributed by atoms with Crippen molar-refractivity contribution in [1.29, 1.82) is 0 Å². The number of hydrogen-bond acceptors (Lipinski definition) is 3. The van der Waals surface area contributed by atoms with Crippen LogP contribution in [0, 0.1) is 6.92 Å². The fourth-order valence-electron chi connectivity index (χ4n) is 3.83. The Morgan fingerprint density at radius 2 is 1.78 bits per heavy atom. The number of amides is 1. The largest absolute Gasteiger partial charge is 0.416 e. The van der Waals surface area contributed by atoms with E-state index in [0.29, 0.717) is 16.5 Å². The zero-order chi connectivity index (χ0) is 26.3. The molecule has 5 nitrogen and oxygen atoms in total. The smallest absolute Gasteiger partial charge is 0.358 e. The van der Waals surface area contributed by atoms with Crippen molar-refractivity contribution in [2.75, 3.05) is 0 Å². The summed E-state index contributed by atoms with van der Waals surface area (Å²) in [5.74, 6) is -0.818. The van der Waals surface area contributed by atoms with E-state index in [-0.39, 0.29) is 21.9 Å². The second-order valence-electron chi connectivity index (χ2n) is 8.18. The number of aromatic nitrogens is 1. The predicted octanol–water partition coefficient (Wildman–Crippen LogP) is 6.50. The molecule has 0 radical (unpaired) electrons. The third-order valence-electron chi connectivity index (χ3n) is 5.78. The highest BCUT2D eigenvalue weighted by Gasteiger charge is 2.31. The highest BCUT2D eigenvalue weighted by molar-refractivity contribution is 7.90. The van der Waals surface area contributed by atoms with Crippen LogP contribution in [0.15, 0.2) is 72.1 Å². The molecule has 1 aromatic heterocycles. The van der Waals surface area contributed by atoms with Gasteiger partial charge in [0, 0.05) is 33.6 Å². The summed E-state index contributed by atoms with van der Waals surface area (Å²) in [4.78, 5) is 15.9. The van der Waals surface area contributed by atoms with Gasteiger partial charge < -0.3 is 4.98 Å². The second-order valence-corrected chi connectivity index (χ2v) is 10.3. The molecule has 0 aliphatic rings. The standard InChI is InChI=1S/C26H20ClF3N2O3S/c1-3-16-4-9-20(10-5-16)36(34,35)32-25(33)18-7-11-24-22(13-18)21(15(2)31-24)12-17-6-8-19(14-23(17)27)26(28,29)30/h3-11,13-14,31H,1,12H2,2H3,(H,32,33). The molecule has 1 heterocycles. The molecule has 10 heteroatoms. The van der Waals surface area contributed by atoms with Gasteiger partial charge in [0.1, 0.15) is 0 Å². The van der Waals surface area contributed by atoms with E-state index in [2.05, 4.69) is 16.3 Å². The Balaban J connectivity index is 1.63. The first kappa shape index (κ1) is 25.5. The Hall–Kier alpha value is -3.56. The van der Waals surface area contributed by atoms with Crippen molar-refractivity contribution in [3.8, 4) is 0 Å². The van der Waals surface area contributed by atoms with Crippen molar-refractivity contribution in [2.24, 2.45) is 0 Å². The van der Waals surface area contributed by atoms with E-state index in [1.165, 1.54) is 30.3 Å². The maximum Gasteiger partial charge on any atom is 0.416 e. The summed E-state index contributed by atoms with van der Waals surface area (Å²) in [5, 5.41) is 0.602. The molecule has 0 spiro atoms. The van der Waals surface area contributed by atoms with Crippen LogP contribution in [0.2, 0.25) is 5.02 Å². The SMILES string of the molecule is C=Cc1ccc(S(=O)(=O)NC(=O)c2ccc3[nH]c(C)c(Cc4ccc(C(F)(F)F)cc4Cl)c3c2)cc1. The Bertz CT molecular complexity index is 1590. The lowest BCUT2D eigenvalue weighted by Crippen LogP contribution is -2.30. The first-order chi connectivity index (χ1) is 16.9. The van der Waals surface area contributed by atoms with Crippen molar-refractivity contribution in [1.82, 2.24) is 9.71 Å². The number of halogens is 4. The summed E-state index contributed by atoms with van der Waals surface area (Å²) in [5.41, 5.74) is 2.63. The number of aromatic amines is 1. The Morgan fingerprint density at radius 1 is 1.08 bits per heavy atom. The van der Waals surface area contributed by atoms with Crippen molar-refractivity contribution >= 4 is 44.5 Å². The Labute approximate surface area is 210 Å². The maximum atomic E-state index is 13.0. The number of hydrogen-bond donors (Lipinski definition) is 2. The zero-order valence-electron chi connectivity index (χ0n) is 18.9. The number of sulfonamides is 1. The quantitative estimate of drug-likeness (QED) is 0.297. The van der Waals surface area contributed by atoms with Crippen LogP contribution in [-0.4, -0.2) is 19.3 Å². The molecular weight excluding hydrogens is 513 g/mol. The second kappa shape index (κ2) is 9.48. The van der Waals surface area contributed by atoms with Crippen LogP contribution in [0.1, 0.15) is 38.3 Å².